The molecule has 27 heavy (non-hydrogen) atoms. The number of fused-ring (bicyclic) bond motifs is 1. The van der Waals surface area contributed by atoms with Gasteiger partial charge in [0.25, 0.3) is 5.56 Å². The van der Waals surface area contributed by atoms with Crippen molar-refractivity contribution in [2.75, 3.05) is 19.6 Å². The monoisotopic (exact) mass is 366 g/mol. The molecule has 0 radical (unpaired) electrons. The van der Waals surface area contributed by atoms with Gasteiger partial charge in [-0.1, -0.05) is 30.3 Å². The van der Waals surface area contributed by atoms with Crippen molar-refractivity contribution in [3.05, 3.63) is 63.6 Å². The van der Waals surface area contributed by atoms with Crippen molar-refractivity contribution < 1.29 is 4.79 Å². The fourth-order valence-corrected chi connectivity index (χ4v) is 4.18. The first kappa shape index (κ1) is 17.9. The van der Waals surface area contributed by atoms with Crippen LogP contribution in [0.4, 0.5) is 0 Å². The molecule has 1 aromatic heterocycles. The highest BCUT2D eigenvalue weighted by Gasteiger charge is 2.31. The Morgan fingerprint density at radius 2 is 2.04 bits per heavy atom. The Kier molecular flexibility index (Phi) is 5.07. The third-order valence-corrected chi connectivity index (χ3v) is 5.65. The summed E-state index contributed by atoms with van der Waals surface area (Å²) in [6.07, 6.45) is 2.72. The van der Waals surface area contributed by atoms with E-state index in [1.54, 1.807) is 13.1 Å². The van der Waals surface area contributed by atoms with E-state index >= 15 is 0 Å². The largest absolute Gasteiger partial charge is 0.338 e. The van der Waals surface area contributed by atoms with Gasteiger partial charge in [-0.2, -0.15) is 5.10 Å². The molecule has 0 spiro atoms. The number of aryl methyl sites for hydroxylation is 1. The molecule has 1 unspecified atom stereocenters. The van der Waals surface area contributed by atoms with Gasteiger partial charge in [-0.05, 0) is 24.9 Å². The van der Waals surface area contributed by atoms with Crippen molar-refractivity contribution in [3.63, 3.8) is 0 Å². The second-order valence-corrected chi connectivity index (χ2v) is 7.65. The van der Waals surface area contributed by atoms with E-state index in [4.69, 9.17) is 0 Å². The topological polar surface area (TPSA) is 58.4 Å². The van der Waals surface area contributed by atoms with E-state index in [1.165, 1.54) is 10.2 Å². The van der Waals surface area contributed by atoms with E-state index in [2.05, 4.69) is 34.3 Å². The lowest BCUT2D eigenvalue weighted by atomic mass is 9.94. The normalized spacial score (nSPS) is 20.3. The highest BCUT2D eigenvalue weighted by molar-refractivity contribution is 5.79. The molecule has 1 atom stereocenters. The lowest BCUT2D eigenvalue weighted by molar-refractivity contribution is -0.138. The summed E-state index contributed by atoms with van der Waals surface area (Å²) < 4.78 is 1.37. The first-order valence-electron chi connectivity index (χ1n) is 9.71. The molecule has 0 saturated carbocycles. The maximum atomic E-state index is 13.1. The smallest absolute Gasteiger partial charge is 0.266 e. The molecule has 142 valence electrons. The van der Waals surface area contributed by atoms with Gasteiger partial charge in [0.05, 0.1) is 11.6 Å². The molecule has 0 aliphatic carbocycles. The minimum Gasteiger partial charge on any atom is -0.338 e. The number of hydrogen-bond donors (Lipinski definition) is 0. The second kappa shape index (κ2) is 7.64. The van der Waals surface area contributed by atoms with E-state index < -0.39 is 0 Å². The van der Waals surface area contributed by atoms with Crippen LogP contribution in [0, 0.1) is 5.92 Å². The molecular formula is C21H26N4O2. The molecule has 2 aliphatic heterocycles. The number of nitrogens with zero attached hydrogens (tertiary/aromatic N) is 4. The third kappa shape index (κ3) is 3.95. The molecule has 4 rings (SSSR count). The number of carbonyl (C=O) groups excluding carboxylic acids is 1. The summed E-state index contributed by atoms with van der Waals surface area (Å²) in [5.74, 6) is 0.266. The Morgan fingerprint density at radius 3 is 2.85 bits per heavy atom. The van der Waals surface area contributed by atoms with Gasteiger partial charge in [0, 0.05) is 51.3 Å². The molecule has 1 saturated heterocycles. The number of aromatic nitrogens is 2. The number of piperidine rings is 1. The van der Waals surface area contributed by atoms with Gasteiger partial charge < -0.3 is 4.90 Å². The average molecular weight is 366 g/mol. The Hall–Kier alpha value is -2.47. The van der Waals surface area contributed by atoms with Crippen LogP contribution in [0.1, 0.15) is 29.7 Å². The number of carbonyl (C=O) groups is 1. The molecule has 1 aromatic carbocycles. The lowest BCUT2D eigenvalue weighted by Gasteiger charge is -2.36. The first-order chi connectivity index (χ1) is 13.1. The predicted octanol–water partition coefficient (Wildman–Crippen LogP) is 1.58. The maximum absolute atomic E-state index is 13.1. The average Bonchev–Trinajstić information content (AvgIpc) is 2.69. The fraction of sp³-hybridized carbons (Fsp3) is 0.476. The van der Waals surface area contributed by atoms with Gasteiger partial charge in [-0.25, -0.2) is 4.68 Å². The van der Waals surface area contributed by atoms with Crippen LogP contribution in [0.5, 0.6) is 0 Å². The minimum absolute atomic E-state index is 0.0449. The highest BCUT2D eigenvalue weighted by atomic mass is 16.2. The van der Waals surface area contributed by atoms with Crippen molar-refractivity contribution in [1.29, 1.82) is 0 Å². The second-order valence-electron chi connectivity index (χ2n) is 7.65. The molecule has 6 heteroatoms. The maximum Gasteiger partial charge on any atom is 0.266 e. The highest BCUT2D eigenvalue weighted by Crippen LogP contribution is 2.23. The molecule has 3 heterocycles. The predicted molar refractivity (Wildman–Crippen MR) is 103 cm³/mol. The number of amides is 1. The lowest BCUT2D eigenvalue weighted by Crippen LogP contribution is -2.46. The molecule has 0 bridgehead atoms. The zero-order valence-electron chi connectivity index (χ0n) is 15.8. The zero-order chi connectivity index (χ0) is 18.8. The number of rotatable bonds is 3. The van der Waals surface area contributed by atoms with Gasteiger partial charge in [0.15, 0.2) is 0 Å². The van der Waals surface area contributed by atoms with Gasteiger partial charge >= 0.3 is 0 Å². The van der Waals surface area contributed by atoms with Crippen molar-refractivity contribution in [2.24, 2.45) is 13.0 Å². The fourth-order valence-electron chi connectivity index (χ4n) is 4.18. The van der Waals surface area contributed by atoms with Crippen LogP contribution < -0.4 is 5.56 Å². The Morgan fingerprint density at radius 1 is 1.22 bits per heavy atom. The van der Waals surface area contributed by atoms with Crippen molar-refractivity contribution in [3.8, 4) is 0 Å². The minimum atomic E-state index is -0.116. The first-order valence-corrected chi connectivity index (χ1v) is 9.71. The van der Waals surface area contributed by atoms with Crippen molar-refractivity contribution in [1.82, 2.24) is 19.6 Å². The van der Waals surface area contributed by atoms with Gasteiger partial charge in [-0.3, -0.25) is 14.5 Å². The van der Waals surface area contributed by atoms with E-state index in [1.807, 2.05) is 11.0 Å². The summed E-state index contributed by atoms with van der Waals surface area (Å²) in [5.41, 5.74) is 3.01. The number of benzene rings is 1. The summed E-state index contributed by atoms with van der Waals surface area (Å²) >= 11 is 0. The molecule has 1 amide bonds. The molecule has 1 fully saturated rings. The van der Waals surface area contributed by atoms with E-state index in [9.17, 15) is 9.59 Å². The van der Waals surface area contributed by atoms with Gasteiger partial charge in [-0.15, -0.1) is 0 Å². The molecule has 2 aromatic rings. The van der Waals surface area contributed by atoms with E-state index in [0.29, 0.717) is 13.1 Å². The van der Waals surface area contributed by atoms with E-state index in [-0.39, 0.29) is 17.4 Å². The summed E-state index contributed by atoms with van der Waals surface area (Å²) in [4.78, 5) is 29.3. The molecule has 6 nitrogen and oxygen atoms in total. The third-order valence-electron chi connectivity index (χ3n) is 5.65. The van der Waals surface area contributed by atoms with Crippen molar-refractivity contribution in [2.45, 2.75) is 32.4 Å². The van der Waals surface area contributed by atoms with Crippen LogP contribution in [0.25, 0.3) is 0 Å². The Bertz CT molecular complexity index is 877. The zero-order valence-corrected chi connectivity index (χ0v) is 15.8. The molecule has 0 N–H and O–H groups in total. The summed E-state index contributed by atoms with van der Waals surface area (Å²) in [5, 5.41) is 4.34. The van der Waals surface area contributed by atoms with Crippen LogP contribution in [0.3, 0.4) is 0 Å². The van der Waals surface area contributed by atoms with Crippen LogP contribution >= 0.6 is 0 Å². The van der Waals surface area contributed by atoms with Crippen molar-refractivity contribution >= 4 is 5.91 Å². The van der Waals surface area contributed by atoms with Gasteiger partial charge in [0.1, 0.15) is 0 Å². The standard InChI is InChI=1S/C21H26N4O2/c1-23-20(26)12-18-15-25(11-9-19(18)22-23)21(27)17-8-5-10-24(14-17)13-16-6-3-2-4-7-16/h2-4,6-7,12,17H,5,8-11,13-15H2,1H3. The number of hydrogen-bond acceptors (Lipinski definition) is 4. The van der Waals surface area contributed by atoms with E-state index in [0.717, 1.165) is 50.2 Å². The summed E-state index contributed by atoms with van der Waals surface area (Å²) in [7, 11) is 1.67. The Labute approximate surface area is 159 Å². The summed E-state index contributed by atoms with van der Waals surface area (Å²) in [6.45, 7) is 3.94. The summed E-state index contributed by atoms with van der Waals surface area (Å²) in [6, 6.07) is 12.1. The molecule has 2 aliphatic rings. The Balaban J connectivity index is 1.41. The van der Waals surface area contributed by atoms with Crippen LogP contribution in [0.2, 0.25) is 0 Å². The SMILES string of the molecule is Cn1nc2c(cc1=O)CN(C(=O)C1CCCN(Cc3ccccc3)C1)CC2. The van der Waals surface area contributed by atoms with Crippen LogP contribution in [0.15, 0.2) is 41.2 Å². The quantitative estimate of drug-likeness (QED) is 0.828. The number of likely N-dealkylation sites (tertiary alicyclic amines) is 1. The molecular weight excluding hydrogens is 340 g/mol. The van der Waals surface area contributed by atoms with Crippen LogP contribution in [-0.2, 0) is 31.4 Å². The van der Waals surface area contributed by atoms with Crippen LogP contribution in [-0.4, -0.2) is 45.1 Å². The van der Waals surface area contributed by atoms with Gasteiger partial charge in [0.2, 0.25) is 5.91 Å².